The van der Waals surface area contributed by atoms with Gasteiger partial charge < -0.3 is 9.47 Å². The van der Waals surface area contributed by atoms with Crippen LogP contribution in [-0.4, -0.2) is 18.2 Å². The predicted molar refractivity (Wildman–Crippen MR) is 116 cm³/mol. The molecule has 1 aromatic carbocycles. The van der Waals surface area contributed by atoms with E-state index >= 15 is 0 Å². The molecule has 0 amide bonds. The molecule has 2 aromatic rings. The van der Waals surface area contributed by atoms with Gasteiger partial charge in [-0.3, -0.25) is 0 Å². The van der Waals surface area contributed by atoms with Gasteiger partial charge in [0.1, 0.15) is 0 Å². The van der Waals surface area contributed by atoms with E-state index < -0.39 is 11.7 Å². The molecule has 4 heteroatoms. The van der Waals surface area contributed by atoms with E-state index in [1.54, 1.807) is 11.3 Å². The molecule has 0 fully saturated rings. The fourth-order valence-corrected chi connectivity index (χ4v) is 5.17. The fourth-order valence-electron chi connectivity index (χ4n) is 4.06. The van der Waals surface area contributed by atoms with Crippen LogP contribution in [0.5, 0.6) is 0 Å². The van der Waals surface area contributed by atoms with Crippen LogP contribution in [0, 0.1) is 13.8 Å². The third-order valence-corrected chi connectivity index (χ3v) is 6.21. The van der Waals surface area contributed by atoms with Gasteiger partial charge in [-0.15, -0.1) is 11.3 Å². The van der Waals surface area contributed by atoms with Crippen molar-refractivity contribution in [2.45, 2.75) is 78.9 Å². The van der Waals surface area contributed by atoms with E-state index in [4.69, 9.17) is 9.47 Å². The number of benzene rings is 1. The molecule has 0 bridgehead atoms. The zero-order valence-electron chi connectivity index (χ0n) is 18.0. The number of thiophene rings is 1. The summed E-state index contributed by atoms with van der Waals surface area (Å²) < 4.78 is 11.6. The Morgan fingerprint density at radius 3 is 2.43 bits per heavy atom. The van der Waals surface area contributed by atoms with Crippen molar-refractivity contribution in [3.63, 3.8) is 0 Å². The molecule has 1 aromatic heterocycles. The summed E-state index contributed by atoms with van der Waals surface area (Å²) in [6.07, 6.45) is 4.13. The normalized spacial score (nSPS) is 15.2. The predicted octanol–water partition coefficient (Wildman–Crippen LogP) is 6.33. The molecule has 3 rings (SSSR count). The first-order valence-corrected chi connectivity index (χ1v) is 11.1. The molecule has 1 heterocycles. The highest BCUT2D eigenvalue weighted by molar-refractivity contribution is 7.12. The zero-order chi connectivity index (χ0) is 20.5. The molecule has 0 aliphatic heterocycles. The lowest BCUT2D eigenvalue weighted by Crippen LogP contribution is -2.29. The molecule has 0 saturated heterocycles. The SMILES string of the molecule is CCOC(=O)C(OC(C)(C)C)c1c(C)sc(C)c1-c1ccc2c(c1)CCCC2. The zero-order valence-corrected chi connectivity index (χ0v) is 18.8. The molecule has 0 N–H and O–H groups in total. The summed E-state index contributed by atoms with van der Waals surface area (Å²) in [5, 5.41) is 0. The summed E-state index contributed by atoms with van der Waals surface area (Å²) in [4.78, 5) is 15.2. The Morgan fingerprint density at radius 2 is 1.79 bits per heavy atom. The van der Waals surface area contributed by atoms with Crippen molar-refractivity contribution in [2.75, 3.05) is 6.61 Å². The van der Waals surface area contributed by atoms with E-state index in [2.05, 4.69) is 32.0 Å². The van der Waals surface area contributed by atoms with Crippen LogP contribution in [0.25, 0.3) is 11.1 Å². The van der Waals surface area contributed by atoms with Crippen molar-refractivity contribution in [1.82, 2.24) is 0 Å². The second-order valence-corrected chi connectivity index (χ2v) is 9.98. The van der Waals surface area contributed by atoms with Gasteiger partial charge in [-0.2, -0.15) is 0 Å². The van der Waals surface area contributed by atoms with Gasteiger partial charge in [0.25, 0.3) is 0 Å². The molecule has 1 atom stereocenters. The highest BCUT2D eigenvalue weighted by Crippen LogP contribution is 2.43. The third kappa shape index (κ3) is 4.49. The van der Waals surface area contributed by atoms with Crippen molar-refractivity contribution in [1.29, 1.82) is 0 Å². The molecular formula is C24H32O3S. The quantitative estimate of drug-likeness (QED) is 0.550. The maximum Gasteiger partial charge on any atom is 0.340 e. The number of carbonyl (C=O) groups excluding carboxylic acids is 1. The van der Waals surface area contributed by atoms with Crippen LogP contribution >= 0.6 is 11.3 Å². The van der Waals surface area contributed by atoms with Crippen molar-refractivity contribution in [3.05, 3.63) is 44.6 Å². The number of rotatable bonds is 5. The van der Waals surface area contributed by atoms with Gasteiger partial charge in [-0.25, -0.2) is 4.79 Å². The van der Waals surface area contributed by atoms with Crippen molar-refractivity contribution in [3.8, 4) is 11.1 Å². The first kappa shape index (κ1) is 21.1. The summed E-state index contributed by atoms with van der Waals surface area (Å²) in [5.41, 5.74) is 5.75. The Balaban J connectivity index is 2.12. The molecular weight excluding hydrogens is 368 g/mol. The number of esters is 1. The van der Waals surface area contributed by atoms with Crippen LogP contribution in [0.1, 0.15) is 73.1 Å². The van der Waals surface area contributed by atoms with Gasteiger partial charge in [0.05, 0.1) is 12.2 Å². The van der Waals surface area contributed by atoms with E-state index in [1.807, 2.05) is 27.7 Å². The number of fused-ring (bicyclic) bond motifs is 1. The minimum absolute atomic E-state index is 0.308. The molecule has 1 unspecified atom stereocenters. The monoisotopic (exact) mass is 400 g/mol. The standard InChI is InChI=1S/C24H32O3S/c1-7-26-23(25)22(27-24(4,5)6)21-16(3)28-15(2)20(21)19-13-12-17-10-8-9-11-18(17)14-19/h12-14,22H,7-11H2,1-6H3. The minimum atomic E-state index is -0.712. The fraction of sp³-hybridized carbons (Fsp3) is 0.542. The lowest BCUT2D eigenvalue weighted by atomic mass is 9.87. The van der Waals surface area contributed by atoms with Gasteiger partial charge in [-0.05, 0) is 83.9 Å². The number of hydrogen-bond donors (Lipinski definition) is 0. The van der Waals surface area contributed by atoms with Crippen LogP contribution in [0.2, 0.25) is 0 Å². The van der Waals surface area contributed by atoms with Crippen LogP contribution in [0.15, 0.2) is 18.2 Å². The second kappa shape index (κ2) is 8.38. The van der Waals surface area contributed by atoms with Crippen LogP contribution in [0.3, 0.4) is 0 Å². The largest absolute Gasteiger partial charge is 0.464 e. The summed E-state index contributed by atoms with van der Waals surface area (Å²) in [5.74, 6) is -0.308. The molecule has 28 heavy (non-hydrogen) atoms. The molecule has 1 aliphatic rings. The van der Waals surface area contributed by atoms with Crippen molar-refractivity contribution >= 4 is 17.3 Å². The highest BCUT2D eigenvalue weighted by Gasteiger charge is 2.33. The Morgan fingerprint density at radius 1 is 1.11 bits per heavy atom. The lowest BCUT2D eigenvalue weighted by molar-refractivity contribution is -0.166. The van der Waals surface area contributed by atoms with E-state index in [9.17, 15) is 4.79 Å². The van der Waals surface area contributed by atoms with Crippen LogP contribution in [-0.2, 0) is 27.1 Å². The van der Waals surface area contributed by atoms with Crippen molar-refractivity contribution < 1.29 is 14.3 Å². The Hall–Kier alpha value is -1.65. The Bertz CT molecular complexity index is 857. The maximum absolute atomic E-state index is 12.9. The Kier molecular flexibility index (Phi) is 6.31. The van der Waals surface area contributed by atoms with Crippen LogP contribution in [0.4, 0.5) is 0 Å². The number of hydrogen-bond acceptors (Lipinski definition) is 4. The van der Waals surface area contributed by atoms with Gasteiger partial charge in [-0.1, -0.05) is 18.2 Å². The average Bonchev–Trinajstić information content (AvgIpc) is 2.92. The minimum Gasteiger partial charge on any atom is -0.464 e. The first-order chi connectivity index (χ1) is 13.2. The summed E-state index contributed by atoms with van der Waals surface area (Å²) in [7, 11) is 0. The van der Waals surface area contributed by atoms with Crippen LogP contribution < -0.4 is 0 Å². The highest BCUT2D eigenvalue weighted by atomic mass is 32.1. The lowest BCUT2D eigenvalue weighted by Gasteiger charge is -2.27. The van der Waals surface area contributed by atoms with Gasteiger partial charge in [0, 0.05) is 20.9 Å². The van der Waals surface area contributed by atoms with Crippen molar-refractivity contribution in [2.24, 2.45) is 0 Å². The topological polar surface area (TPSA) is 35.5 Å². The van der Waals surface area contributed by atoms with E-state index in [0.717, 1.165) is 22.4 Å². The smallest absolute Gasteiger partial charge is 0.340 e. The van der Waals surface area contributed by atoms with E-state index in [0.29, 0.717) is 6.61 Å². The molecule has 3 nitrogen and oxygen atoms in total. The summed E-state index contributed by atoms with van der Waals surface area (Å²) in [6, 6.07) is 6.80. The van der Waals surface area contributed by atoms with Gasteiger partial charge in [0.15, 0.2) is 6.10 Å². The molecule has 0 radical (unpaired) electrons. The number of ether oxygens (including phenoxy) is 2. The first-order valence-electron chi connectivity index (χ1n) is 10.3. The summed E-state index contributed by atoms with van der Waals surface area (Å²) >= 11 is 1.73. The molecule has 152 valence electrons. The third-order valence-electron chi connectivity index (χ3n) is 5.18. The molecule has 1 aliphatic carbocycles. The second-order valence-electron chi connectivity index (χ2n) is 8.56. The number of aryl methyl sites for hydroxylation is 4. The average molecular weight is 401 g/mol. The number of carbonyl (C=O) groups is 1. The molecule has 0 saturated carbocycles. The van der Waals surface area contributed by atoms with Gasteiger partial charge in [0.2, 0.25) is 0 Å². The molecule has 0 spiro atoms. The Labute approximate surface area is 173 Å². The van der Waals surface area contributed by atoms with Gasteiger partial charge >= 0.3 is 5.97 Å². The van der Waals surface area contributed by atoms with E-state index in [-0.39, 0.29) is 5.97 Å². The summed E-state index contributed by atoms with van der Waals surface area (Å²) in [6.45, 7) is 12.3. The maximum atomic E-state index is 12.9. The van der Waals surface area contributed by atoms with E-state index in [1.165, 1.54) is 40.8 Å².